The summed E-state index contributed by atoms with van der Waals surface area (Å²) < 4.78 is 7.04. The van der Waals surface area contributed by atoms with Crippen LogP contribution < -0.4 is 0 Å². The van der Waals surface area contributed by atoms with Gasteiger partial charge in [0, 0.05) is 23.4 Å². The van der Waals surface area contributed by atoms with Crippen LogP contribution in [0.15, 0.2) is 37.5 Å². The van der Waals surface area contributed by atoms with Crippen molar-refractivity contribution in [3.05, 3.63) is 40.3 Å². The first-order chi connectivity index (χ1) is 12.7. The molecule has 0 fully saturated rings. The number of benzene rings is 1. The van der Waals surface area contributed by atoms with E-state index in [1.54, 1.807) is 35.2 Å². The number of nitro benzene ring substituents is 1. The summed E-state index contributed by atoms with van der Waals surface area (Å²) in [6.07, 6.45) is 2.33. The van der Waals surface area contributed by atoms with E-state index in [4.69, 9.17) is 4.52 Å². The molecule has 1 aromatic carbocycles. The van der Waals surface area contributed by atoms with Crippen LogP contribution in [0.1, 0.15) is 25.7 Å². The van der Waals surface area contributed by atoms with Gasteiger partial charge in [-0.3, -0.25) is 10.1 Å². The third kappa shape index (κ3) is 5.02. The van der Waals surface area contributed by atoms with E-state index >= 15 is 0 Å². The number of non-ortho nitro benzene ring substituents is 1. The second-order valence-electron chi connectivity index (χ2n) is 5.14. The van der Waals surface area contributed by atoms with Crippen LogP contribution in [0.4, 0.5) is 5.69 Å². The molecule has 0 atom stereocenters. The first-order valence-corrected chi connectivity index (χ1v) is 10.6. The number of unbranched alkanes of at least 4 members (excludes halogenated alkanes) is 1. The molecule has 0 amide bonds. The van der Waals surface area contributed by atoms with Crippen molar-refractivity contribution in [3.8, 4) is 11.4 Å². The Morgan fingerprint density at radius 2 is 2.08 bits per heavy atom. The molecule has 0 aliphatic carbocycles. The highest BCUT2D eigenvalue weighted by molar-refractivity contribution is 8.02. The van der Waals surface area contributed by atoms with Crippen LogP contribution in [0.3, 0.4) is 0 Å². The average molecular weight is 410 g/mol. The quantitative estimate of drug-likeness (QED) is 0.215. The summed E-state index contributed by atoms with van der Waals surface area (Å²) in [6.45, 7) is 2.16. The molecule has 0 N–H and O–H groups in total. The van der Waals surface area contributed by atoms with E-state index < -0.39 is 4.92 Å². The van der Waals surface area contributed by atoms with E-state index in [1.165, 1.54) is 23.9 Å². The van der Waals surface area contributed by atoms with Crippen LogP contribution in [-0.2, 0) is 5.75 Å². The van der Waals surface area contributed by atoms with E-state index in [9.17, 15) is 10.1 Å². The lowest BCUT2D eigenvalue weighted by atomic mass is 10.2. The minimum Gasteiger partial charge on any atom is -0.338 e. The number of hydrogen-bond donors (Lipinski definition) is 0. The number of nitrogens with zero attached hydrogens (tertiary/aromatic N) is 5. The fourth-order valence-electron chi connectivity index (χ4n) is 1.93. The monoisotopic (exact) mass is 409 g/mol. The Morgan fingerprint density at radius 1 is 1.27 bits per heavy atom. The number of hydrogen-bond acceptors (Lipinski definition) is 10. The molecule has 0 bridgehead atoms. The summed E-state index contributed by atoms with van der Waals surface area (Å²) in [6, 6.07) is 6.15. The van der Waals surface area contributed by atoms with Gasteiger partial charge >= 0.3 is 0 Å². The van der Waals surface area contributed by atoms with Gasteiger partial charge in [0.15, 0.2) is 8.68 Å². The maximum atomic E-state index is 10.9. The third-order valence-electron chi connectivity index (χ3n) is 3.21. The third-order valence-corrected chi connectivity index (χ3v) is 6.47. The normalized spacial score (nSPS) is 11.0. The molecule has 8 nitrogen and oxygen atoms in total. The van der Waals surface area contributed by atoms with Gasteiger partial charge in [-0.2, -0.15) is 4.98 Å². The first kappa shape index (κ1) is 18.8. The standard InChI is InChI=1S/C15H15N5O3S3/c1-2-3-7-24-14-17-18-15(26-14)25-9-12-16-13(19-23-12)10-5-4-6-11(8-10)20(21)22/h4-6,8H,2-3,7,9H2,1H3. The molecule has 136 valence electrons. The summed E-state index contributed by atoms with van der Waals surface area (Å²) in [4.78, 5) is 14.7. The summed E-state index contributed by atoms with van der Waals surface area (Å²) >= 11 is 4.74. The highest BCUT2D eigenvalue weighted by atomic mass is 32.2. The van der Waals surface area contributed by atoms with Gasteiger partial charge in [0.2, 0.25) is 11.7 Å². The second-order valence-corrected chi connectivity index (χ2v) is 8.69. The van der Waals surface area contributed by atoms with Gasteiger partial charge in [-0.15, -0.1) is 10.2 Å². The lowest BCUT2D eigenvalue weighted by Crippen LogP contribution is -1.89. The van der Waals surface area contributed by atoms with Crippen LogP contribution in [0.25, 0.3) is 11.4 Å². The maximum Gasteiger partial charge on any atom is 0.270 e. The van der Waals surface area contributed by atoms with Gasteiger partial charge in [-0.1, -0.05) is 65.5 Å². The predicted octanol–water partition coefficient (Wildman–Crippen LogP) is 4.68. The Hall–Kier alpha value is -1.98. The maximum absolute atomic E-state index is 10.9. The Kier molecular flexibility index (Phi) is 6.58. The van der Waals surface area contributed by atoms with Gasteiger partial charge in [-0.25, -0.2) is 0 Å². The topological polar surface area (TPSA) is 108 Å². The second kappa shape index (κ2) is 9.10. The zero-order valence-electron chi connectivity index (χ0n) is 13.8. The molecule has 0 aliphatic rings. The van der Waals surface area contributed by atoms with Gasteiger partial charge in [0.1, 0.15) is 0 Å². The fraction of sp³-hybridized carbons (Fsp3) is 0.333. The minimum absolute atomic E-state index is 0.00909. The molecule has 0 saturated heterocycles. The zero-order chi connectivity index (χ0) is 18.4. The molecule has 0 radical (unpaired) electrons. The van der Waals surface area contributed by atoms with Crippen molar-refractivity contribution in [3.63, 3.8) is 0 Å². The summed E-state index contributed by atoms with van der Waals surface area (Å²) in [7, 11) is 0. The molecular formula is C15H15N5O3S3. The minimum atomic E-state index is -0.452. The number of nitro groups is 1. The van der Waals surface area contributed by atoms with Crippen molar-refractivity contribution in [1.82, 2.24) is 20.3 Å². The molecule has 0 spiro atoms. The van der Waals surface area contributed by atoms with Gasteiger partial charge in [0.05, 0.1) is 10.7 Å². The first-order valence-electron chi connectivity index (χ1n) is 7.82. The lowest BCUT2D eigenvalue weighted by molar-refractivity contribution is -0.384. The molecule has 2 heterocycles. The van der Waals surface area contributed by atoms with Crippen molar-refractivity contribution in [2.75, 3.05) is 5.75 Å². The van der Waals surface area contributed by atoms with Crippen molar-refractivity contribution in [2.24, 2.45) is 0 Å². The van der Waals surface area contributed by atoms with Crippen LogP contribution in [0, 0.1) is 10.1 Å². The number of rotatable bonds is 9. The summed E-state index contributed by atoms with van der Waals surface area (Å²) in [5.41, 5.74) is 0.537. The Labute approximate surface area is 162 Å². The van der Waals surface area contributed by atoms with Crippen LogP contribution in [-0.4, -0.2) is 31.0 Å². The number of aromatic nitrogens is 4. The van der Waals surface area contributed by atoms with E-state index in [1.807, 2.05) is 0 Å². The van der Waals surface area contributed by atoms with E-state index in [0.717, 1.165) is 27.3 Å². The smallest absolute Gasteiger partial charge is 0.270 e. The number of thioether (sulfide) groups is 2. The molecule has 11 heteroatoms. The molecule has 0 saturated carbocycles. The molecule has 3 rings (SSSR count). The molecule has 26 heavy (non-hydrogen) atoms. The molecule has 3 aromatic rings. The Morgan fingerprint density at radius 3 is 2.85 bits per heavy atom. The van der Waals surface area contributed by atoms with Crippen LogP contribution >= 0.6 is 34.9 Å². The largest absolute Gasteiger partial charge is 0.338 e. The lowest BCUT2D eigenvalue weighted by Gasteiger charge is -1.94. The predicted molar refractivity (Wildman–Crippen MR) is 101 cm³/mol. The summed E-state index contributed by atoms with van der Waals surface area (Å²) in [5.74, 6) is 2.28. The van der Waals surface area contributed by atoms with Gasteiger partial charge < -0.3 is 4.52 Å². The van der Waals surface area contributed by atoms with Crippen molar-refractivity contribution < 1.29 is 9.45 Å². The fourth-order valence-corrected chi connectivity index (χ4v) is 4.94. The Balaban J connectivity index is 1.59. The van der Waals surface area contributed by atoms with E-state index in [2.05, 4.69) is 27.3 Å². The van der Waals surface area contributed by atoms with Gasteiger partial charge in [0.25, 0.3) is 5.69 Å². The molecular weight excluding hydrogens is 394 g/mol. The summed E-state index contributed by atoms with van der Waals surface area (Å²) in [5, 5.41) is 23.1. The molecule has 2 aromatic heterocycles. The molecule has 0 unspecified atom stereocenters. The highest BCUT2D eigenvalue weighted by Crippen LogP contribution is 2.31. The highest BCUT2D eigenvalue weighted by Gasteiger charge is 2.14. The van der Waals surface area contributed by atoms with Gasteiger partial charge in [-0.05, 0) is 6.42 Å². The van der Waals surface area contributed by atoms with Crippen molar-refractivity contribution in [1.29, 1.82) is 0 Å². The average Bonchev–Trinajstić information content (AvgIpc) is 3.30. The van der Waals surface area contributed by atoms with E-state index in [0.29, 0.717) is 23.0 Å². The Bertz CT molecular complexity index is 883. The van der Waals surface area contributed by atoms with E-state index in [-0.39, 0.29) is 5.69 Å². The van der Waals surface area contributed by atoms with Crippen molar-refractivity contribution in [2.45, 2.75) is 34.2 Å². The van der Waals surface area contributed by atoms with Crippen molar-refractivity contribution >= 4 is 40.5 Å². The zero-order valence-corrected chi connectivity index (χ0v) is 16.3. The SMILES string of the molecule is CCCCSc1nnc(SCc2nc(-c3cccc([N+](=O)[O-])c3)no2)s1. The molecule has 0 aliphatic heterocycles. The van der Waals surface area contributed by atoms with Crippen LogP contribution in [0.5, 0.6) is 0 Å². The van der Waals surface area contributed by atoms with Crippen LogP contribution in [0.2, 0.25) is 0 Å².